The van der Waals surface area contributed by atoms with Gasteiger partial charge in [0.1, 0.15) is 0 Å². The lowest BCUT2D eigenvalue weighted by Crippen LogP contribution is -2.63. The Balaban J connectivity index is 1.34. The zero-order chi connectivity index (χ0) is 25.6. The minimum absolute atomic E-state index is 0.0478. The van der Waals surface area contributed by atoms with Crippen LogP contribution in [0.3, 0.4) is 0 Å². The fourth-order valence-corrected chi connectivity index (χ4v) is 10.8. The summed E-state index contributed by atoms with van der Waals surface area (Å²) in [4.78, 5) is 24.3. The van der Waals surface area contributed by atoms with Crippen molar-refractivity contribution >= 4 is 20.3 Å². The maximum atomic E-state index is 12.5. The van der Waals surface area contributed by atoms with E-state index < -0.39 is 19.9 Å². The summed E-state index contributed by atoms with van der Waals surface area (Å²) in [7, 11) is -1.78. The molecule has 1 unspecified atom stereocenters. The molecular formula is C29H48O5Si. The van der Waals surface area contributed by atoms with Crippen LogP contribution in [0.4, 0.5) is 0 Å². The molecule has 4 saturated carbocycles. The summed E-state index contributed by atoms with van der Waals surface area (Å²) in [6, 6.07) is 0. The Bertz CT molecular complexity index is 894. The quantitative estimate of drug-likeness (QED) is 0.280. The molecule has 1 N–H and O–H groups in total. The van der Waals surface area contributed by atoms with Crippen molar-refractivity contribution in [2.45, 2.75) is 129 Å². The first-order valence-electron chi connectivity index (χ1n) is 14.3. The number of hydrogen-bond acceptors (Lipinski definition) is 5. The van der Waals surface area contributed by atoms with Gasteiger partial charge in [0, 0.05) is 11.5 Å². The van der Waals surface area contributed by atoms with Crippen LogP contribution >= 0.6 is 0 Å². The third-order valence-corrected chi connectivity index (χ3v) is 17.1. The maximum Gasteiger partial charge on any atom is 0.317 e. The second kappa shape index (κ2) is 8.14. The monoisotopic (exact) mass is 504 g/mol. The van der Waals surface area contributed by atoms with Crippen molar-refractivity contribution in [2.24, 2.45) is 40.4 Å². The van der Waals surface area contributed by atoms with Gasteiger partial charge in [-0.15, -0.1) is 0 Å². The predicted octanol–water partition coefficient (Wildman–Crippen LogP) is 6.24. The van der Waals surface area contributed by atoms with Gasteiger partial charge in [0.25, 0.3) is 0 Å². The molecule has 1 aliphatic heterocycles. The third kappa shape index (κ3) is 3.74. The number of fused-ring (bicyclic) bond motifs is 5. The number of aliphatic hydroxyl groups is 1. The van der Waals surface area contributed by atoms with Gasteiger partial charge in [-0.1, -0.05) is 34.6 Å². The van der Waals surface area contributed by atoms with Crippen LogP contribution in [0, 0.1) is 40.4 Å². The molecule has 5 rings (SSSR count). The average molecular weight is 505 g/mol. The van der Waals surface area contributed by atoms with E-state index in [9.17, 15) is 14.7 Å². The summed E-state index contributed by atoms with van der Waals surface area (Å²) in [6.07, 6.45) is 9.96. The van der Waals surface area contributed by atoms with E-state index >= 15 is 0 Å². The fourth-order valence-electron chi connectivity index (χ4n) is 9.37. The average Bonchev–Trinajstić information content (AvgIpc) is 3.21. The maximum absolute atomic E-state index is 12.5. The van der Waals surface area contributed by atoms with Gasteiger partial charge in [0.2, 0.25) is 0 Å². The smallest absolute Gasteiger partial charge is 0.317 e. The molecular weight excluding hydrogens is 456 g/mol. The van der Waals surface area contributed by atoms with Crippen molar-refractivity contribution in [2.75, 3.05) is 0 Å². The standard InChI is InChI=1S/C29H48O5Si/c1-26(2,3)35(6,7)34-19-10-13-27(4)18(16-19)8-9-23-22(27)11-14-28(5)21(12-15-29(23,28)32)20-17-24(30)33-25(20)31/h18-23,32H,8-17H2,1-7H3/t18-,19+,20?,21-,22+,23-,27+,28-,29+/m1/s1. The number of cyclic esters (lactones) is 2. The highest BCUT2D eigenvalue weighted by molar-refractivity contribution is 6.74. The highest BCUT2D eigenvalue weighted by Crippen LogP contribution is 2.70. The Kier molecular flexibility index (Phi) is 6.02. The molecule has 0 bridgehead atoms. The molecule has 5 aliphatic rings. The lowest BCUT2D eigenvalue weighted by Gasteiger charge is -2.64. The van der Waals surface area contributed by atoms with Crippen molar-refractivity contribution in [3.8, 4) is 0 Å². The summed E-state index contributed by atoms with van der Waals surface area (Å²) in [5.41, 5.74) is -0.795. The van der Waals surface area contributed by atoms with Gasteiger partial charge in [-0.3, -0.25) is 9.59 Å². The molecule has 4 aliphatic carbocycles. The molecule has 0 aromatic carbocycles. The molecule has 1 saturated heterocycles. The van der Waals surface area contributed by atoms with E-state index in [0.29, 0.717) is 23.9 Å². The molecule has 0 amide bonds. The van der Waals surface area contributed by atoms with E-state index in [2.05, 4.69) is 47.7 Å². The molecule has 5 nitrogen and oxygen atoms in total. The second-order valence-corrected chi connectivity index (χ2v) is 19.7. The topological polar surface area (TPSA) is 72.8 Å². The van der Waals surface area contributed by atoms with Crippen LogP contribution in [-0.2, 0) is 18.8 Å². The van der Waals surface area contributed by atoms with Crippen LogP contribution < -0.4 is 0 Å². The Morgan fingerprint density at radius 1 is 0.943 bits per heavy atom. The SMILES string of the molecule is CC(C)(C)[Si](C)(C)O[C@H]1CC[C@@]2(C)[C@H](CC[C@@H]3[C@@H]2CC[C@]2(C)[C@@H](C4CC(=O)OC4=O)CC[C@]32O)C1. The molecule has 5 fully saturated rings. The van der Waals surface area contributed by atoms with Crippen molar-refractivity contribution in [3.63, 3.8) is 0 Å². The zero-order valence-corrected chi connectivity index (χ0v) is 24.1. The van der Waals surface area contributed by atoms with Crippen molar-refractivity contribution in [1.29, 1.82) is 0 Å². The normalized spacial score (nSPS) is 48.2. The molecule has 9 atom stereocenters. The van der Waals surface area contributed by atoms with Crippen molar-refractivity contribution < 1.29 is 23.9 Å². The first-order valence-corrected chi connectivity index (χ1v) is 17.2. The third-order valence-electron chi connectivity index (χ3n) is 12.5. The van der Waals surface area contributed by atoms with Gasteiger partial charge in [-0.05, 0) is 105 Å². The van der Waals surface area contributed by atoms with Crippen LogP contribution in [0.1, 0.15) is 98.8 Å². The first-order chi connectivity index (χ1) is 16.1. The lowest BCUT2D eigenvalue weighted by molar-refractivity contribution is -0.212. The molecule has 0 aromatic rings. The summed E-state index contributed by atoms with van der Waals surface area (Å²) < 4.78 is 11.8. The van der Waals surface area contributed by atoms with Gasteiger partial charge in [-0.2, -0.15) is 0 Å². The largest absolute Gasteiger partial charge is 0.414 e. The van der Waals surface area contributed by atoms with E-state index in [-0.39, 0.29) is 40.1 Å². The molecule has 35 heavy (non-hydrogen) atoms. The number of esters is 2. The highest BCUT2D eigenvalue weighted by Gasteiger charge is 2.69. The summed E-state index contributed by atoms with van der Waals surface area (Å²) in [6.45, 7) is 16.5. The Morgan fingerprint density at radius 3 is 2.26 bits per heavy atom. The van der Waals surface area contributed by atoms with E-state index in [0.717, 1.165) is 38.5 Å². The number of ether oxygens (including phenoxy) is 1. The Morgan fingerprint density at radius 2 is 1.63 bits per heavy atom. The van der Waals surface area contributed by atoms with E-state index in [1.54, 1.807) is 0 Å². The molecule has 6 heteroatoms. The van der Waals surface area contributed by atoms with Gasteiger partial charge in [-0.25, -0.2) is 0 Å². The van der Waals surface area contributed by atoms with E-state index in [1.165, 1.54) is 19.3 Å². The van der Waals surface area contributed by atoms with E-state index in [1.807, 2.05) is 0 Å². The fraction of sp³-hybridized carbons (Fsp3) is 0.931. The van der Waals surface area contributed by atoms with Gasteiger partial charge < -0.3 is 14.3 Å². The van der Waals surface area contributed by atoms with Crippen LogP contribution in [0.5, 0.6) is 0 Å². The predicted molar refractivity (Wildman–Crippen MR) is 138 cm³/mol. The lowest BCUT2D eigenvalue weighted by atomic mass is 9.43. The van der Waals surface area contributed by atoms with Gasteiger partial charge in [0.15, 0.2) is 8.32 Å². The number of hydrogen-bond donors (Lipinski definition) is 1. The summed E-state index contributed by atoms with van der Waals surface area (Å²) in [5, 5.41) is 12.6. The molecule has 1 heterocycles. The van der Waals surface area contributed by atoms with Crippen molar-refractivity contribution in [1.82, 2.24) is 0 Å². The Hall–Kier alpha value is -0.723. The minimum atomic E-state index is -1.78. The van der Waals surface area contributed by atoms with E-state index in [4.69, 9.17) is 9.16 Å². The first kappa shape index (κ1) is 25.9. The number of rotatable bonds is 3. The van der Waals surface area contributed by atoms with Crippen LogP contribution in [0.25, 0.3) is 0 Å². The summed E-state index contributed by atoms with van der Waals surface area (Å²) in [5.74, 6) is 0.419. The van der Waals surface area contributed by atoms with Crippen LogP contribution in [0.2, 0.25) is 18.1 Å². The van der Waals surface area contributed by atoms with Gasteiger partial charge >= 0.3 is 11.9 Å². The minimum Gasteiger partial charge on any atom is -0.414 e. The highest BCUT2D eigenvalue weighted by atomic mass is 28.4. The van der Waals surface area contributed by atoms with Crippen LogP contribution in [0.15, 0.2) is 0 Å². The second-order valence-electron chi connectivity index (χ2n) is 14.9. The van der Waals surface area contributed by atoms with Gasteiger partial charge in [0.05, 0.1) is 17.9 Å². The number of carbonyl (C=O) groups excluding carboxylic acids is 2. The molecule has 198 valence electrons. The van der Waals surface area contributed by atoms with Crippen LogP contribution in [-0.4, -0.2) is 37.1 Å². The molecule has 0 aromatic heterocycles. The summed E-state index contributed by atoms with van der Waals surface area (Å²) >= 11 is 0. The Labute approximate surface area is 213 Å². The zero-order valence-electron chi connectivity index (χ0n) is 23.1. The van der Waals surface area contributed by atoms with Crippen molar-refractivity contribution in [3.05, 3.63) is 0 Å². The number of carbonyl (C=O) groups is 2. The molecule has 0 spiro atoms. The molecule has 0 radical (unpaired) electrons.